The lowest BCUT2D eigenvalue weighted by Gasteiger charge is -2.41. The van der Waals surface area contributed by atoms with E-state index in [1.54, 1.807) is 4.52 Å². The Morgan fingerprint density at radius 3 is 2.44 bits per heavy atom. The highest BCUT2D eigenvalue weighted by Crippen LogP contribution is 2.28. The molecule has 11 heteroatoms. The maximum absolute atomic E-state index is 13.3. The van der Waals surface area contributed by atoms with E-state index in [-0.39, 0.29) is 12.5 Å². The first-order valence-corrected chi connectivity index (χ1v) is 16.1. The number of likely N-dealkylation sites (tertiary alicyclic amines) is 2. The Labute approximate surface area is 261 Å². The van der Waals surface area contributed by atoms with Crippen LogP contribution in [-0.2, 0) is 11.2 Å². The van der Waals surface area contributed by atoms with Crippen molar-refractivity contribution in [1.29, 1.82) is 0 Å². The van der Waals surface area contributed by atoms with Gasteiger partial charge in [0.2, 0.25) is 5.91 Å². The highest BCUT2D eigenvalue weighted by Gasteiger charge is 2.31. The van der Waals surface area contributed by atoms with Gasteiger partial charge in [-0.2, -0.15) is 18.3 Å². The van der Waals surface area contributed by atoms with Crippen LogP contribution in [0, 0.1) is 5.92 Å². The molecule has 3 aliphatic heterocycles. The molecule has 1 atom stereocenters. The minimum atomic E-state index is -4.34. The van der Waals surface area contributed by atoms with Gasteiger partial charge in [0.25, 0.3) is 5.91 Å². The fourth-order valence-corrected chi connectivity index (χ4v) is 6.94. The molecular weight excluding hydrogens is 581 g/mol. The smallest absolute Gasteiger partial charge is 0.339 e. The van der Waals surface area contributed by atoms with E-state index in [0.29, 0.717) is 42.5 Å². The van der Waals surface area contributed by atoms with Gasteiger partial charge in [0.15, 0.2) is 11.5 Å². The van der Waals surface area contributed by atoms with E-state index >= 15 is 0 Å². The summed E-state index contributed by atoms with van der Waals surface area (Å²) in [6.45, 7) is 6.93. The van der Waals surface area contributed by atoms with Gasteiger partial charge in [0.05, 0.1) is 6.42 Å². The molecule has 2 aromatic heterocycles. The number of piperidine rings is 2. The SMILES string of the molecule is CC1CCCN(C2CCN(C(=O)c3ccc(Cc4nc5c(C6=CCN(C(=O)CCC(F)(F)F)CC6)cccn5n4)cc3)CC2)C1. The van der Waals surface area contributed by atoms with E-state index < -0.39 is 24.9 Å². The van der Waals surface area contributed by atoms with Crippen molar-refractivity contribution in [3.8, 4) is 0 Å². The molecule has 3 aromatic rings. The van der Waals surface area contributed by atoms with Crippen molar-refractivity contribution in [3.63, 3.8) is 0 Å². The molecule has 0 radical (unpaired) electrons. The van der Waals surface area contributed by atoms with Gasteiger partial charge >= 0.3 is 6.18 Å². The number of amides is 2. The lowest BCUT2D eigenvalue weighted by Crippen LogP contribution is -2.49. The summed E-state index contributed by atoms with van der Waals surface area (Å²) in [5.74, 6) is 1.02. The maximum Gasteiger partial charge on any atom is 0.389 e. The normalized spacial score (nSPS) is 20.4. The summed E-state index contributed by atoms with van der Waals surface area (Å²) in [6.07, 6.45) is 3.47. The van der Waals surface area contributed by atoms with E-state index in [9.17, 15) is 22.8 Å². The van der Waals surface area contributed by atoms with Crippen LogP contribution in [0.5, 0.6) is 0 Å². The molecule has 2 amide bonds. The third-order valence-electron chi connectivity index (χ3n) is 9.46. The molecule has 0 N–H and O–H groups in total. The van der Waals surface area contributed by atoms with Crippen molar-refractivity contribution < 1.29 is 22.8 Å². The molecule has 0 aliphatic carbocycles. The number of fused-ring (bicyclic) bond motifs is 1. The van der Waals surface area contributed by atoms with Gasteiger partial charge in [0, 0.05) is 68.9 Å². The van der Waals surface area contributed by atoms with Crippen molar-refractivity contribution in [2.45, 2.75) is 70.5 Å². The minimum absolute atomic E-state index is 0.0869. The second-order valence-electron chi connectivity index (χ2n) is 12.8. The predicted molar refractivity (Wildman–Crippen MR) is 166 cm³/mol. The predicted octanol–water partition coefficient (Wildman–Crippen LogP) is 5.61. The number of carbonyl (C=O) groups is 2. The molecule has 2 fully saturated rings. The van der Waals surface area contributed by atoms with Crippen LogP contribution in [0.15, 0.2) is 48.7 Å². The van der Waals surface area contributed by atoms with Gasteiger partial charge in [-0.05, 0) is 80.0 Å². The van der Waals surface area contributed by atoms with E-state index in [2.05, 4.69) is 16.9 Å². The summed E-state index contributed by atoms with van der Waals surface area (Å²) >= 11 is 0. The van der Waals surface area contributed by atoms with E-state index in [1.165, 1.54) is 30.8 Å². The van der Waals surface area contributed by atoms with E-state index in [0.717, 1.165) is 48.5 Å². The number of benzene rings is 1. The standard InChI is InChI=1S/C34H41F3N6O2/c1-24-4-2-16-42(23-24)28-13-20-41(21-14-28)33(45)27-8-6-25(7-9-27)22-30-38-32-29(5-3-17-43(32)39-30)26-11-18-40(19-12-26)31(44)10-15-34(35,36)37/h3,5-9,11,17,24,28H,2,4,10,12-16,18-23H2,1H3. The van der Waals surface area contributed by atoms with E-state index in [4.69, 9.17) is 4.98 Å². The third kappa shape index (κ3) is 7.57. The lowest BCUT2D eigenvalue weighted by atomic mass is 9.95. The molecular formula is C34H41F3N6O2. The molecule has 5 heterocycles. The first kappa shape index (κ1) is 31.3. The number of hydrogen-bond acceptors (Lipinski definition) is 5. The number of rotatable bonds is 7. The zero-order valence-electron chi connectivity index (χ0n) is 25.8. The Morgan fingerprint density at radius 1 is 0.978 bits per heavy atom. The number of pyridine rings is 1. The summed E-state index contributed by atoms with van der Waals surface area (Å²) in [4.78, 5) is 36.4. The molecule has 45 heavy (non-hydrogen) atoms. The van der Waals surface area contributed by atoms with Gasteiger partial charge < -0.3 is 9.80 Å². The first-order chi connectivity index (χ1) is 21.6. The second-order valence-corrected chi connectivity index (χ2v) is 12.8. The molecule has 2 saturated heterocycles. The van der Waals surface area contributed by atoms with Crippen LogP contribution in [-0.4, -0.2) is 92.6 Å². The second kappa shape index (κ2) is 13.3. The summed E-state index contributed by atoms with van der Waals surface area (Å²) < 4.78 is 39.3. The Balaban J connectivity index is 1.05. The fourth-order valence-electron chi connectivity index (χ4n) is 6.94. The molecule has 1 unspecified atom stereocenters. The van der Waals surface area contributed by atoms with Gasteiger partial charge in [-0.3, -0.25) is 14.5 Å². The largest absolute Gasteiger partial charge is 0.389 e. The quantitative estimate of drug-likeness (QED) is 0.342. The molecule has 6 rings (SSSR count). The fraction of sp³-hybridized carbons (Fsp3) is 0.529. The minimum Gasteiger partial charge on any atom is -0.339 e. The average Bonchev–Trinajstić information content (AvgIpc) is 3.46. The number of nitrogens with zero attached hydrogens (tertiary/aromatic N) is 6. The number of halogens is 3. The van der Waals surface area contributed by atoms with Crippen LogP contribution < -0.4 is 0 Å². The molecule has 0 bridgehead atoms. The van der Waals surface area contributed by atoms with Crippen LogP contribution in [0.1, 0.15) is 79.2 Å². The molecule has 8 nitrogen and oxygen atoms in total. The Morgan fingerprint density at radius 2 is 1.76 bits per heavy atom. The van der Waals surface area contributed by atoms with Crippen molar-refractivity contribution in [2.24, 2.45) is 5.92 Å². The van der Waals surface area contributed by atoms with Gasteiger partial charge in [-0.15, -0.1) is 0 Å². The van der Waals surface area contributed by atoms with Crippen LogP contribution in [0.2, 0.25) is 0 Å². The molecule has 0 spiro atoms. The Bertz CT molecular complexity index is 1540. The molecule has 1 aromatic carbocycles. The van der Waals surface area contributed by atoms with Gasteiger partial charge in [-0.1, -0.05) is 25.1 Å². The molecule has 3 aliphatic rings. The topological polar surface area (TPSA) is 74.0 Å². The molecule has 240 valence electrons. The zero-order valence-corrected chi connectivity index (χ0v) is 25.8. The summed E-state index contributed by atoms with van der Waals surface area (Å²) in [6, 6.07) is 12.2. The van der Waals surface area contributed by atoms with Crippen LogP contribution >= 0.6 is 0 Å². The van der Waals surface area contributed by atoms with Crippen molar-refractivity contribution >= 4 is 23.0 Å². The third-order valence-corrected chi connectivity index (χ3v) is 9.46. The first-order valence-electron chi connectivity index (χ1n) is 16.1. The highest BCUT2D eigenvalue weighted by atomic mass is 19.4. The zero-order chi connectivity index (χ0) is 31.6. The van der Waals surface area contributed by atoms with Crippen LogP contribution in [0.25, 0.3) is 11.2 Å². The number of alkyl halides is 3. The van der Waals surface area contributed by atoms with Crippen molar-refractivity contribution in [2.75, 3.05) is 39.3 Å². The lowest BCUT2D eigenvalue weighted by molar-refractivity contribution is -0.148. The average molecular weight is 623 g/mol. The van der Waals surface area contributed by atoms with E-state index in [1.807, 2.05) is 53.6 Å². The van der Waals surface area contributed by atoms with Crippen LogP contribution in [0.3, 0.4) is 0 Å². The molecule has 0 saturated carbocycles. The highest BCUT2D eigenvalue weighted by molar-refractivity contribution is 5.94. The summed E-state index contributed by atoms with van der Waals surface area (Å²) in [5, 5.41) is 4.66. The number of carbonyl (C=O) groups excluding carboxylic acids is 2. The summed E-state index contributed by atoms with van der Waals surface area (Å²) in [7, 11) is 0. The van der Waals surface area contributed by atoms with Crippen LogP contribution in [0.4, 0.5) is 13.2 Å². The number of hydrogen-bond donors (Lipinski definition) is 0. The Kier molecular flexibility index (Phi) is 9.26. The van der Waals surface area contributed by atoms with Crippen molar-refractivity contribution in [3.05, 3.63) is 71.2 Å². The van der Waals surface area contributed by atoms with Gasteiger partial charge in [0.1, 0.15) is 0 Å². The monoisotopic (exact) mass is 622 g/mol. The summed E-state index contributed by atoms with van der Waals surface area (Å²) in [5.41, 5.74) is 4.30. The maximum atomic E-state index is 13.3. The van der Waals surface area contributed by atoms with Gasteiger partial charge in [-0.25, -0.2) is 9.50 Å². The van der Waals surface area contributed by atoms with Crippen molar-refractivity contribution in [1.82, 2.24) is 29.3 Å². The Hall–Kier alpha value is -3.73. The number of aromatic nitrogens is 3.